The van der Waals surface area contributed by atoms with Gasteiger partial charge >= 0.3 is 0 Å². The lowest BCUT2D eigenvalue weighted by molar-refractivity contribution is 0.553. The van der Waals surface area contributed by atoms with Crippen LogP contribution in [0.15, 0.2) is 11.2 Å². The number of aryl methyl sites for hydroxylation is 2. The van der Waals surface area contributed by atoms with Gasteiger partial charge in [0.1, 0.15) is 0 Å². The first-order valence-corrected chi connectivity index (χ1v) is 4.13. The Bertz CT molecular complexity index is 280. The molecular formula is C6H8N2O2S. The fourth-order valence-corrected chi connectivity index (χ4v) is 1.22. The maximum atomic E-state index is 10.5. The van der Waals surface area contributed by atoms with Crippen LogP contribution in [0.4, 0.5) is 0 Å². The molecule has 1 rings (SSSR count). The second kappa shape index (κ2) is 3.06. The number of nitrogens with zero attached hydrogens (tertiary/aromatic N) is 2. The molecule has 0 saturated carbocycles. The zero-order valence-corrected chi connectivity index (χ0v) is 7.05. The molecule has 0 bridgehead atoms. The predicted octanol–water partition coefficient (Wildman–Crippen LogP) is 0.674. The van der Waals surface area contributed by atoms with E-state index < -0.39 is 11.1 Å². The van der Waals surface area contributed by atoms with Crippen molar-refractivity contribution >= 4 is 11.1 Å². The Morgan fingerprint density at radius 3 is 2.18 bits per heavy atom. The van der Waals surface area contributed by atoms with Crippen molar-refractivity contribution in [1.29, 1.82) is 0 Å². The molecule has 4 nitrogen and oxygen atoms in total. The van der Waals surface area contributed by atoms with E-state index in [2.05, 4.69) is 9.97 Å². The molecule has 0 amide bonds. The van der Waals surface area contributed by atoms with Crippen molar-refractivity contribution in [2.24, 2.45) is 0 Å². The van der Waals surface area contributed by atoms with E-state index in [1.54, 1.807) is 19.9 Å². The van der Waals surface area contributed by atoms with Gasteiger partial charge in [0.25, 0.3) is 0 Å². The Labute approximate surface area is 67.0 Å². The minimum Gasteiger partial charge on any atom is -0.300 e. The van der Waals surface area contributed by atoms with E-state index in [1.165, 1.54) is 0 Å². The van der Waals surface area contributed by atoms with Crippen LogP contribution in [0.1, 0.15) is 11.4 Å². The highest BCUT2D eigenvalue weighted by Crippen LogP contribution is 2.01. The van der Waals surface area contributed by atoms with Crippen molar-refractivity contribution in [3.05, 3.63) is 17.5 Å². The van der Waals surface area contributed by atoms with Crippen molar-refractivity contribution in [2.45, 2.75) is 19.0 Å². The van der Waals surface area contributed by atoms with Crippen molar-refractivity contribution in [2.75, 3.05) is 0 Å². The molecule has 1 aromatic heterocycles. The number of hydrogen-bond acceptors (Lipinski definition) is 3. The van der Waals surface area contributed by atoms with Gasteiger partial charge in [0.2, 0.25) is 16.2 Å². The van der Waals surface area contributed by atoms with Crippen molar-refractivity contribution in [1.82, 2.24) is 9.97 Å². The lowest BCUT2D eigenvalue weighted by Gasteiger charge is -1.97. The van der Waals surface area contributed by atoms with Crippen molar-refractivity contribution < 1.29 is 8.76 Å². The second-order valence-corrected chi connectivity index (χ2v) is 3.05. The molecule has 0 radical (unpaired) electrons. The Morgan fingerprint density at radius 1 is 1.36 bits per heavy atom. The molecule has 0 saturated heterocycles. The molecule has 11 heavy (non-hydrogen) atoms. The molecule has 0 aliphatic rings. The van der Waals surface area contributed by atoms with Gasteiger partial charge in [-0.2, -0.15) is 0 Å². The topological polar surface area (TPSA) is 63.1 Å². The third-order valence-electron chi connectivity index (χ3n) is 1.12. The van der Waals surface area contributed by atoms with Crippen LogP contribution in [0.25, 0.3) is 0 Å². The minimum atomic E-state index is -2.07. The number of rotatable bonds is 1. The van der Waals surface area contributed by atoms with E-state index in [0.29, 0.717) is 11.4 Å². The molecule has 1 aromatic rings. The third-order valence-corrected chi connectivity index (χ3v) is 1.61. The summed E-state index contributed by atoms with van der Waals surface area (Å²) in [5.41, 5.74) is 1.41. The Hall–Kier alpha value is -0.810. The monoisotopic (exact) mass is 172 g/mol. The number of aromatic nitrogens is 2. The SMILES string of the molecule is Cc1cc(C)nc(S(=O)O)n1. The van der Waals surface area contributed by atoms with Gasteiger partial charge in [-0.25, -0.2) is 14.2 Å². The van der Waals surface area contributed by atoms with E-state index in [4.69, 9.17) is 4.55 Å². The molecule has 5 heteroatoms. The van der Waals surface area contributed by atoms with Gasteiger partial charge < -0.3 is 0 Å². The average Bonchev–Trinajstić information content (AvgIpc) is 1.85. The number of hydrogen-bond donors (Lipinski definition) is 1. The molecule has 0 fully saturated rings. The molecule has 1 unspecified atom stereocenters. The van der Waals surface area contributed by atoms with Gasteiger partial charge in [-0.15, -0.1) is 0 Å². The van der Waals surface area contributed by atoms with Crippen LogP contribution in [0.2, 0.25) is 0 Å². The fraction of sp³-hybridized carbons (Fsp3) is 0.333. The predicted molar refractivity (Wildman–Crippen MR) is 40.5 cm³/mol. The van der Waals surface area contributed by atoms with Crippen molar-refractivity contribution in [3.63, 3.8) is 0 Å². The molecule has 0 aliphatic carbocycles. The summed E-state index contributed by atoms with van der Waals surface area (Å²) >= 11 is -2.07. The van der Waals surface area contributed by atoms with Crippen LogP contribution in [0.3, 0.4) is 0 Å². The molecule has 0 aliphatic heterocycles. The van der Waals surface area contributed by atoms with E-state index in [9.17, 15) is 4.21 Å². The van der Waals surface area contributed by atoms with Crippen LogP contribution < -0.4 is 0 Å². The second-order valence-electron chi connectivity index (χ2n) is 2.18. The van der Waals surface area contributed by atoms with Gasteiger partial charge in [-0.05, 0) is 19.9 Å². The summed E-state index contributed by atoms with van der Waals surface area (Å²) in [5, 5.41) is -0.0255. The lowest BCUT2D eigenvalue weighted by atomic mass is 10.4. The molecule has 1 atom stereocenters. The van der Waals surface area contributed by atoms with Crippen LogP contribution in [-0.2, 0) is 11.1 Å². The maximum absolute atomic E-state index is 10.5. The minimum absolute atomic E-state index is 0.0255. The standard InChI is InChI=1S/C6H8N2O2S/c1-4-3-5(2)8-6(7-4)11(9)10/h3H,1-2H3,(H,9,10). The van der Waals surface area contributed by atoms with E-state index in [0.717, 1.165) is 0 Å². The molecule has 0 aromatic carbocycles. The molecule has 1 N–H and O–H groups in total. The summed E-state index contributed by atoms with van der Waals surface area (Å²) in [6, 6.07) is 1.75. The lowest BCUT2D eigenvalue weighted by Crippen LogP contribution is -2.00. The van der Waals surface area contributed by atoms with E-state index in [1.807, 2.05) is 0 Å². The zero-order chi connectivity index (χ0) is 8.43. The first-order chi connectivity index (χ1) is 5.09. The van der Waals surface area contributed by atoms with E-state index in [-0.39, 0.29) is 5.16 Å². The van der Waals surface area contributed by atoms with Crippen molar-refractivity contribution in [3.8, 4) is 0 Å². The normalized spacial score (nSPS) is 13.0. The summed E-state index contributed by atoms with van der Waals surface area (Å²) in [6.07, 6.45) is 0. The first-order valence-electron chi connectivity index (χ1n) is 3.03. The smallest absolute Gasteiger partial charge is 0.247 e. The van der Waals surface area contributed by atoms with Crippen LogP contribution in [0, 0.1) is 13.8 Å². The van der Waals surface area contributed by atoms with Crippen LogP contribution in [0.5, 0.6) is 0 Å². The molecule has 0 spiro atoms. The molecule has 60 valence electrons. The Morgan fingerprint density at radius 2 is 1.82 bits per heavy atom. The largest absolute Gasteiger partial charge is 0.300 e. The summed E-state index contributed by atoms with van der Waals surface area (Å²) in [7, 11) is 0. The summed E-state index contributed by atoms with van der Waals surface area (Å²) in [6.45, 7) is 3.51. The first kappa shape index (κ1) is 8.29. The summed E-state index contributed by atoms with van der Waals surface area (Å²) in [4.78, 5) is 7.54. The van der Waals surface area contributed by atoms with Gasteiger partial charge in [0, 0.05) is 11.4 Å². The van der Waals surface area contributed by atoms with Gasteiger partial charge in [-0.3, -0.25) is 4.55 Å². The maximum Gasteiger partial charge on any atom is 0.247 e. The highest BCUT2D eigenvalue weighted by atomic mass is 32.2. The quantitative estimate of drug-likeness (QED) is 0.499. The molecular weight excluding hydrogens is 164 g/mol. The summed E-state index contributed by atoms with van der Waals surface area (Å²) in [5.74, 6) is 0. The van der Waals surface area contributed by atoms with Crippen LogP contribution >= 0.6 is 0 Å². The summed E-state index contributed by atoms with van der Waals surface area (Å²) < 4.78 is 19.1. The Balaban J connectivity index is 3.19. The van der Waals surface area contributed by atoms with Gasteiger partial charge in [0.05, 0.1) is 0 Å². The highest BCUT2D eigenvalue weighted by Gasteiger charge is 2.03. The zero-order valence-electron chi connectivity index (χ0n) is 6.24. The fourth-order valence-electron chi connectivity index (χ4n) is 0.772. The van der Waals surface area contributed by atoms with Crippen LogP contribution in [-0.4, -0.2) is 18.7 Å². The van der Waals surface area contributed by atoms with E-state index >= 15 is 0 Å². The molecule has 1 heterocycles. The van der Waals surface area contributed by atoms with Gasteiger partial charge in [-0.1, -0.05) is 0 Å². The average molecular weight is 172 g/mol. The third kappa shape index (κ3) is 2.06. The Kier molecular flexibility index (Phi) is 2.31. The van der Waals surface area contributed by atoms with Gasteiger partial charge in [0.15, 0.2) is 0 Å². The highest BCUT2D eigenvalue weighted by molar-refractivity contribution is 7.79.